The molecule has 0 aromatic heterocycles. The standard InChI is InChI=1S/C26H51ClO11/c1-29-26(28)6-9-31-11-13-33-15-17-35-19-21-37-23-25-38-24-22-36-20-18-34-16-14-32-12-10-30-8-5-3-2-4-7-27/h2-25H2,1H3. The van der Waals surface area contributed by atoms with Crippen molar-refractivity contribution in [3.05, 3.63) is 0 Å². The van der Waals surface area contributed by atoms with Crippen LogP contribution in [0.5, 0.6) is 0 Å². The number of methoxy groups -OCH3 is 1. The largest absolute Gasteiger partial charge is 0.469 e. The highest BCUT2D eigenvalue weighted by molar-refractivity contribution is 6.17. The zero-order chi connectivity index (χ0) is 27.6. The Morgan fingerprint density at radius 3 is 1.03 bits per heavy atom. The molecule has 38 heavy (non-hydrogen) atoms. The van der Waals surface area contributed by atoms with Crippen LogP contribution in [-0.2, 0) is 52.2 Å². The van der Waals surface area contributed by atoms with Crippen LogP contribution in [0.3, 0.4) is 0 Å². The molecule has 12 heteroatoms. The SMILES string of the molecule is COC(=O)CCOCCOCCOCCOCCOCCOCCOCCOCCOCCCCCCCl. The highest BCUT2D eigenvalue weighted by Crippen LogP contribution is 2.01. The van der Waals surface area contributed by atoms with Crippen molar-refractivity contribution >= 4 is 17.6 Å². The Balaban J connectivity index is 3.03. The summed E-state index contributed by atoms with van der Waals surface area (Å²) in [6.45, 7) is 9.36. The van der Waals surface area contributed by atoms with Gasteiger partial charge < -0.3 is 47.4 Å². The Kier molecular flexibility index (Phi) is 33.9. The molecule has 0 aromatic rings. The maximum atomic E-state index is 10.9. The maximum absolute atomic E-state index is 10.9. The maximum Gasteiger partial charge on any atom is 0.307 e. The molecule has 0 aliphatic rings. The summed E-state index contributed by atoms with van der Waals surface area (Å²) in [5.41, 5.74) is 0. The average molecular weight is 575 g/mol. The summed E-state index contributed by atoms with van der Waals surface area (Å²) in [6.07, 6.45) is 4.74. The van der Waals surface area contributed by atoms with Gasteiger partial charge in [0.1, 0.15) is 0 Å². The number of carbonyl (C=O) groups is 1. The lowest BCUT2D eigenvalue weighted by Crippen LogP contribution is -2.15. The van der Waals surface area contributed by atoms with Crippen LogP contribution in [-0.4, -0.2) is 138 Å². The van der Waals surface area contributed by atoms with Crippen molar-refractivity contribution in [2.24, 2.45) is 0 Å². The Morgan fingerprint density at radius 2 is 0.711 bits per heavy atom. The van der Waals surface area contributed by atoms with Gasteiger partial charge in [0.05, 0.1) is 126 Å². The van der Waals surface area contributed by atoms with Crippen molar-refractivity contribution in [2.45, 2.75) is 32.1 Å². The molecular formula is C26H51ClO11. The van der Waals surface area contributed by atoms with Gasteiger partial charge >= 0.3 is 5.97 Å². The fraction of sp³-hybridized carbons (Fsp3) is 0.962. The number of rotatable bonds is 33. The number of halogens is 1. The minimum absolute atomic E-state index is 0.249. The molecule has 0 N–H and O–H groups in total. The van der Waals surface area contributed by atoms with Crippen LogP contribution >= 0.6 is 11.6 Å². The summed E-state index contributed by atoms with van der Waals surface area (Å²) in [5, 5.41) is 0. The van der Waals surface area contributed by atoms with Gasteiger partial charge in [-0.05, 0) is 12.8 Å². The van der Waals surface area contributed by atoms with E-state index >= 15 is 0 Å². The van der Waals surface area contributed by atoms with Gasteiger partial charge in [-0.2, -0.15) is 0 Å². The number of unbranched alkanes of at least 4 members (excludes halogenated alkanes) is 3. The molecule has 0 unspecified atom stereocenters. The lowest BCUT2D eigenvalue weighted by atomic mass is 10.2. The number of hydrogen-bond acceptors (Lipinski definition) is 11. The highest BCUT2D eigenvalue weighted by atomic mass is 35.5. The van der Waals surface area contributed by atoms with E-state index in [9.17, 15) is 4.79 Å². The third kappa shape index (κ3) is 33.4. The van der Waals surface area contributed by atoms with E-state index in [0.29, 0.717) is 112 Å². The summed E-state index contributed by atoms with van der Waals surface area (Å²) < 4.78 is 53.3. The Labute approximate surface area is 233 Å². The molecule has 0 aliphatic carbocycles. The molecule has 11 nitrogen and oxygen atoms in total. The summed E-state index contributed by atoms with van der Waals surface area (Å²) in [4.78, 5) is 10.9. The van der Waals surface area contributed by atoms with Crippen molar-refractivity contribution < 1.29 is 52.2 Å². The molecule has 228 valence electrons. The van der Waals surface area contributed by atoms with E-state index in [1.807, 2.05) is 0 Å². The molecular weight excluding hydrogens is 524 g/mol. The van der Waals surface area contributed by atoms with E-state index in [4.69, 9.17) is 54.2 Å². The predicted molar refractivity (Wildman–Crippen MR) is 143 cm³/mol. The molecule has 0 saturated heterocycles. The van der Waals surface area contributed by atoms with Crippen LogP contribution in [0.15, 0.2) is 0 Å². The molecule has 0 amide bonds. The quantitative estimate of drug-likeness (QED) is 0.0655. The van der Waals surface area contributed by atoms with Gasteiger partial charge in [-0.25, -0.2) is 0 Å². The van der Waals surface area contributed by atoms with Gasteiger partial charge in [0, 0.05) is 12.5 Å². The fourth-order valence-electron chi connectivity index (χ4n) is 2.77. The van der Waals surface area contributed by atoms with Gasteiger partial charge in [0.15, 0.2) is 0 Å². The van der Waals surface area contributed by atoms with Crippen molar-refractivity contribution in [3.8, 4) is 0 Å². The van der Waals surface area contributed by atoms with E-state index in [1.54, 1.807) is 0 Å². The molecule has 0 heterocycles. The van der Waals surface area contributed by atoms with E-state index in [2.05, 4.69) is 4.74 Å². The van der Waals surface area contributed by atoms with E-state index in [1.165, 1.54) is 20.0 Å². The normalized spacial score (nSPS) is 11.3. The van der Waals surface area contributed by atoms with Crippen LogP contribution < -0.4 is 0 Å². The molecule has 0 spiro atoms. The topological polar surface area (TPSA) is 109 Å². The van der Waals surface area contributed by atoms with Crippen LogP contribution in [0.1, 0.15) is 32.1 Å². The number of carbonyl (C=O) groups excluding carboxylic acids is 1. The highest BCUT2D eigenvalue weighted by Gasteiger charge is 1.99. The Morgan fingerprint density at radius 1 is 0.421 bits per heavy atom. The van der Waals surface area contributed by atoms with Crippen LogP contribution in [0.4, 0.5) is 0 Å². The monoisotopic (exact) mass is 574 g/mol. The lowest BCUT2D eigenvalue weighted by molar-refractivity contribution is -0.141. The van der Waals surface area contributed by atoms with Crippen LogP contribution in [0.2, 0.25) is 0 Å². The molecule has 0 radical (unpaired) electrons. The van der Waals surface area contributed by atoms with Crippen LogP contribution in [0.25, 0.3) is 0 Å². The van der Waals surface area contributed by atoms with Crippen molar-refractivity contribution in [1.82, 2.24) is 0 Å². The predicted octanol–water partition coefficient (Wildman–Crippen LogP) is 2.50. The van der Waals surface area contributed by atoms with Gasteiger partial charge in [-0.3, -0.25) is 4.79 Å². The second kappa shape index (κ2) is 34.4. The summed E-state index contributed by atoms with van der Waals surface area (Å²) in [5.74, 6) is 0.460. The molecule has 0 fully saturated rings. The van der Waals surface area contributed by atoms with Crippen molar-refractivity contribution in [3.63, 3.8) is 0 Å². The van der Waals surface area contributed by atoms with Crippen LogP contribution in [0, 0.1) is 0 Å². The first-order valence-corrected chi connectivity index (χ1v) is 14.2. The van der Waals surface area contributed by atoms with Gasteiger partial charge in [-0.15, -0.1) is 11.6 Å². The van der Waals surface area contributed by atoms with Crippen molar-refractivity contribution in [2.75, 3.05) is 132 Å². The third-order valence-electron chi connectivity index (χ3n) is 4.83. The zero-order valence-electron chi connectivity index (χ0n) is 23.3. The molecule has 0 aromatic carbocycles. The summed E-state index contributed by atoms with van der Waals surface area (Å²) >= 11 is 5.64. The van der Waals surface area contributed by atoms with Gasteiger partial charge in [0.25, 0.3) is 0 Å². The number of esters is 1. The second-order valence-corrected chi connectivity index (χ2v) is 8.32. The summed E-state index contributed by atoms with van der Waals surface area (Å²) in [6, 6.07) is 0. The Hall–Kier alpha value is -0.600. The first-order valence-electron chi connectivity index (χ1n) is 13.6. The van der Waals surface area contributed by atoms with E-state index in [0.717, 1.165) is 25.3 Å². The first-order chi connectivity index (χ1) is 18.8. The molecule has 0 aliphatic heterocycles. The smallest absolute Gasteiger partial charge is 0.307 e. The number of alkyl halides is 1. The first kappa shape index (κ1) is 37.4. The number of ether oxygens (including phenoxy) is 10. The number of hydrogen-bond donors (Lipinski definition) is 0. The molecule has 0 saturated carbocycles. The second-order valence-electron chi connectivity index (χ2n) is 7.94. The molecule has 0 rings (SSSR count). The van der Waals surface area contributed by atoms with Crippen molar-refractivity contribution in [1.29, 1.82) is 0 Å². The summed E-state index contributed by atoms with van der Waals surface area (Å²) in [7, 11) is 1.35. The Bertz CT molecular complexity index is 461. The minimum Gasteiger partial charge on any atom is -0.469 e. The fourth-order valence-corrected chi connectivity index (χ4v) is 2.96. The zero-order valence-corrected chi connectivity index (χ0v) is 24.1. The van der Waals surface area contributed by atoms with E-state index < -0.39 is 0 Å². The third-order valence-corrected chi connectivity index (χ3v) is 5.09. The van der Waals surface area contributed by atoms with Gasteiger partial charge in [-0.1, -0.05) is 12.8 Å². The average Bonchev–Trinajstić information content (AvgIpc) is 2.93. The van der Waals surface area contributed by atoms with Gasteiger partial charge in [0.2, 0.25) is 0 Å². The lowest BCUT2D eigenvalue weighted by Gasteiger charge is -2.09. The van der Waals surface area contributed by atoms with E-state index in [-0.39, 0.29) is 12.4 Å². The molecule has 0 bridgehead atoms. The minimum atomic E-state index is -0.282. The molecule has 0 atom stereocenters.